The Morgan fingerprint density at radius 1 is 1.20 bits per heavy atom. The normalized spacial score (nSPS) is 17.7. The van der Waals surface area contributed by atoms with Crippen molar-refractivity contribution in [1.29, 1.82) is 0 Å². The number of benzene rings is 1. The number of aromatic nitrogens is 1. The quantitative estimate of drug-likeness (QED) is 0.599. The average molecular weight is 462 g/mol. The van der Waals surface area contributed by atoms with Crippen LogP contribution in [0.2, 0.25) is 0 Å². The average Bonchev–Trinajstić information content (AvgIpc) is 3.42. The predicted octanol–water partition coefficient (Wildman–Crippen LogP) is 4.67. The Hall–Kier alpha value is -2.07. The number of nitrogens with zero attached hydrogens (tertiary/aromatic N) is 2. The van der Waals surface area contributed by atoms with Crippen LogP contribution < -0.4 is 5.32 Å². The summed E-state index contributed by atoms with van der Waals surface area (Å²) in [7, 11) is -3.68. The molecule has 0 saturated carbocycles. The molecule has 0 radical (unpaired) electrons. The lowest BCUT2D eigenvalue weighted by atomic mass is 10.0. The van der Waals surface area contributed by atoms with Crippen molar-refractivity contribution in [3.05, 3.63) is 52.2 Å². The van der Waals surface area contributed by atoms with Gasteiger partial charge in [0.05, 0.1) is 5.69 Å². The molecule has 0 bridgehead atoms. The molecule has 158 valence electrons. The highest BCUT2D eigenvalue weighted by molar-refractivity contribution is 7.91. The molecular formula is C21H23N3O3S3. The predicted molar refractivity (Wildman–Crippen MR) is 122 cm³/mol. The van der Waals surface area contributed by atoms with E-state index in [1.807, 2.05) is 19.2 Å². The third kappa shape index (κ3) is 4.20. The van der Waals surface area contributed by atoms with Gasteiger partial charge in [0.1, 0.15) is 10.3 Å². The molecule has 0 aliphatic carbocycles. The summed E-state index contributed by atoms with van der Waals surface area (Å²) in [5.41, 5.74) is 4.10. The summed E-state index contributed by atoms with van der Waals surface area (Å²) in [6, 6.07) is 8.75. The first-order valence-corrected chi connectivity index (χ1v) is 13.0. The molecule has 1 saturated heterocycles. The number of carbonyl (C=O) groups excluding carboxylic acids is 1. The number of anilines is 1. The minimum absolute atomic E-state index is 0.272. The van der Waals surface area contributed by atoms with E-state index in [9.17, 15) is 13.2 Å². The first-order chi connectivity index (χ1) is 14.4. The summed E-state index contributed by atoms with van der Waals surface area (Å²) in [5.74, 6) is -0.323. The van der Waals surface area contributed by atoms with Crippen LogP contribution in [0.5, 0.6) is 0 Å². The third-order valence-corrected chi connectivity index (χ3v) is 9.26. The van der Waals surface area contributed by atoms with Gasteiger partial charge in [0.2, 0.25) is 5.91 Å². The second-order valence-corrected chi connectivity index (χ2v) is 11.3. The number of carbonyl (C=O) groups is 1. The van der Waals surface area contributed by atoms with Crippen LogP contribution in [0.1, 0.15) is 30.4 Å². The summed E-state index contributed by atoms with van der Waals surface area (Å²) in [6.45, 7) is 4.41. The highest BCUT2D eigenvalue weighted by atomic mass is 32.2. The highest BCUT2D eigenvalue weighted by Gasteiger charge is 2.38. The molecule has 1 unspecified atom stereocenters. The van der Waals surface area contributed by atoms with Gasteiger partial charge in [0.25, 0.3) is 10.0 Å². The molecule has 1 aromatic carbocycles. The number of nitrogens with one attached hydrogen (secondary N) is 1. The fraction of sp³-hybridized carbons (Fsp3) is 0.333. The largest absolute Gasteiger partial charge is 0.301 e. The summed E-state index contributed by atoms with van der Waals surface area (Å²) in [5, 5.41) is 6.98. The lowest BCUT2D eigenvalue weighted by Crippen LogP contribution is -2.49. The maximum atomic E-state index is 13.0. The molecule has 1 atom stereocenters. The lowest BCUT2D eigenvalue weighted by molar-refractivity contribution is -0.120. The molecule has 0 spiro atoms. The minimum atomic E-state index is -3.68. The molecule has 1 amide bonds. The van der Waals surface area contributed by atoms with E-state index in [1.54, 1.807) is 17.5 Å². The van der Waals surface area contributed by atoms with Gasteiger partial charge in [-0.3, -0.25) is 4.79 Å². The van der Waals surface area contributed by atoms with Gasteiger partial charge in [-0.05, 0) is 49.8 Å². The molecule has 6 nitrogen and oxygen atoms in total. The molecule has 3 aromatic rings. The zero-order valence-electron chi connectivity index (χ0n) is 16.8. The Morgan fingerprint density at radius 3 is 2.80 bits per heavy atom. The standard InChI is InChI=1S/C21H23N3O3S3/c1-14-8-9-15(2)16(12-14)17-13-29-21(22-17)23-20(25)18-6-3-4-10-24(18)30(26,27)19-7-5-11-28-19/h5,7-9,11-13,18H,3-4,6,10H2,1-2H3,(H,22,23,25). The molecule has 4 rings (SSSR count). The fourth-order valence-corrected chi connectivity index (χ4v) is 7.13. The summed E-state index contributed by atoms with van der Waals surface area (Å²) in [4.78, 5) is 17.6. The van der Waals surface area contributed by atoms with Crippen LogP contribution in [-0.4, -0.2) is 36.2 Å². The first-order valence-electron chi connectivity index (χ1n) is 9.75. The topological polar surface area (TPSA) is 79.4 Å². The minimum Gasteiger partial charge on any atom is -0.301 e. The zero-order chi connectivity index (χ0) is 21.3. The van der Waals surface area contributed by atoms with E-state index in [0.717, 1.165) is 35.2 Å². The molecule has 1 aliphatic rings. The van der Waals surface area contributed by atoms with Crippen LogP contribution >= 0.6 is 22.7 Å². The highest BCUT2D eigenvalue weighted by Crippen LogP contribution is 2.31. The number of piperidine rings is 1. The molecule has 30 heavy (non-hydrogen) atoms. The molecule has 1 N–H and O–H groups in total. The monoisotopic (exact) mass is 461 g/mol. The van der Waals surface area contributed by atoms with E-state index < -0.39 is 16.1 Å². The van der Waals surface area contributed by atoms with Gasteiger partial charge in [-0.2, -0.15) is 4.31 Å². The van der Waals surface area contributed by atoms with Gasteiger partial charge < -0.3 is 5.32 Å². The van der Waals surface area contributed by atoms with Gasteiger partial charge in [-0.1, -0.05) is 30.2 Å². The van der Waals surface area contributed by atoms with Gasteiger partial charge in [-0.15, -0.1) is 22.7 Å². The van der Waals surface area contributed by atoms with Crippen molar-refractivity contribution in [2.75, 3.05) is 11.9 Å². The first kappa shape index (κ1) is 21.2. The van der Waals surface area contributed by atoms with E-state index >= 15 is 0 Å². The Kier molecular flexibility index (Phi) is 6.06. The van der Waals surface area contributed by atoms with Gasteiger partial charge in [-0.25, -0.2) is 13.4 Å². The number of aryl methyl sites for hydroxylation is 2. The van der Waals surface area contributed by atoms with E-state index in [2.05, 4.69) is 28.5 Å². The van der Waals surface area contributed by atoms with Crippen molar-refractivity contribution in [3.63, 3.8) is 0 Å². The zero-order valence-corrected chi connectivity index (χ0v) is 19.2. The molecule has 1 aliphatic heterocycles. The Morgan fingerprint density at radius 2 is 2.03 bits per heavy atom. The smallest absolute Gasteiger partial charge is 0.253 e. The number of amides is 1. The maximum absolute atomic E-state index is 13.0. The van der Waals surface area contributed by atoms with Crippen LogP contribution in [0.15, 0.2) is 45.3 Å². The van der Waals surface area contributed by atoms with Gasteiger partial charge >= 0.3 is 0 Å². The van der Waals surface area contributed by atoms with Crippen LogP contribution in [0.4, 0.5) is 5.13 Å². The Balaban J connectivity index is 1.54. The van der Waals surface area contributed by atoms with Crippen LogP contribution in [0.25, 0.3) is 11.3 Å². The summed E-state index contributed by atoms with van der Waals surface area (Å²) < 4.78 is 27.7. The van der Waals surface area contributed by atoms with Crippen molar-refractivity contribution in [1.82, 2.24) is 9.29 Å². The number of rotatable bonds is 5. The van der Waals surface area contributed by atoms with Crippen molar-refractivity contribution < 1.29 is 13.2 Å². The van der Waals surface area contributed by atoms with E-state index in [4.69, 9.17) is 0 Å². The Bertz CT molecular complexity index is 1150. The van der Waals surface area contributed by atoms with Crippen LogP contribution in [0, 0.1) is 13.8 Å². The van der Waals surface area contributed by atoms with Crippen molar-refractivity contribution in [2.45, 2.75) is 43.4 Å². The summed E-state index contributed by atoms with van der Waals surface area (Å²) >= 11 is 2.52. The Labute approximate surface area is 184 Å². The molecule has 3 heterocycles. The number of thiophene rings is 1. The van der Waals surface area contributed by atoms with E-state index in [0.29, 0.717) is 18.1 Å². The SMILES string of the molecule is Cc1ccc(C)c(-c2csc(NC(=O)C3CCCCN3S(=O)(=O)c3cccs3)n2)c1. The number of hydrogen-bond donors (Lipinski definition) is 1. The van der Waals surface area contributed by atoms with E-state index in [1.165, 1.54) is 27.0 Å². The van der Waals surface area contributed by atoms with E-state index in [-0.39, 0.29) is 10.1 Å². The number of thiazole rings is 1. The number of sulfonamides is 1. The third-order valence-electron chi connectivity index (χ3n) is 5.22. The summed E-state index contributed by atoms with van der Waals surface area (Å²) in [6.07, 6.45) is 2.08. The van der Waals surface area contributed by atoms with Gasteiger partial charge in [0.15, 0.2) is 5.13 Å². The maximum Gasteiger partial charge on any atom is 0.253 e. The molecule has 1 fully saturated rings. The van der Waals surface area contributed by atoms with Crippen molar-refractivity contribution in [3.8, 4) is 11.3 Å². The molecule has 9 heteroatoms. The van der Waals surface area contributed by atoms with Crippen molar-refractivity contribution >= 4 is 43.7 Å². The molecule has 2 aromatic heterocycles. The van der Waals surface area contributed by atoms with Gasteiger partial charge in [0, 0.05) is 17.5 Å². The van der Waals surface area contributed by atoms with Crippen LogP contribution in [0.3, 0.4) is 0 Å². The number of hydrogen-bond acceptors (Lipinski definition) is 6. The van der Waals surface area contributed by atoms with Crippen molar-refractivity contribution in [2.24, 2.45) is 0 Å². The second kappa shape index (κ2) is 8.58. The lowest BCUT2D eigenvalue weighted by Gasteiger charge is -2.32. The van der Waals surface area contributed by atoms with Crippen LogP contribution in [-0.2, 0) is 14.8 Å². The molecular weight excluding hydrogens is 438 g/mol. The second-order valence-electron chi connectivity index (χ2n) is 7.40. The fourth-order valence-electron chi connectivity index (χ4n) is 3.64.